The first-order valence-electron chi connectivity index (χ1n) is 18.0. The summed E-state index contributed by atoms with van der Waals surface area (Å²) < 4.78 is 13.3. The molecular weight excluding hydrogens is 623 g/mol. The van der Waals surface area contributed by atoms with Crippen LogP contribution in [0.15, 0.2) is 158 Å². The molecule has 1 spiro atoms. The first kappa shape index (κ1) is 28.9. The Kier molecular flexibility index (Phi) is 6.12. The fraction of sp³-hybridized carbons (Fsp3) is 0.125. The van der Waals surface area contributed by atoms with E-state index in [-0.39, 0.29) is 0 Å². The Balaban J connectivity index is 1.21. The third-order valence-corrected chi connectivity index (χ3v) is 11.8. The molecule has 2 aliphatic heterocycles. The second-order valence-corrected chi connectivity index (χ2v) is 14.1. The zero-order chi connectivity index (χ0) is 33.6. The molecule has 1 atom stereocenters. The number of ether oxygens (including phenoxy) is 2. The molecule has 1 fully saturated rings. The summed E-state index contributed by atoms with van der Waals surface area (Å²) in [5.74, 6) is 0.932. The van der Waals surface area contributed by atoms with Crippen molar-refractivity contribution in [3.05, 3.63) is 197 Å². The standard InChI is InChI=1S/C48H35NO2/c1-2-12-32(13-3-1)47(33-22-24-34(25-23-33)49-28-30-50-31-29-49)27-26-40-45-44(37-16-4-5-17-38(37)46(40)51-47)39-18-8-11-21-43(39)48(45)41-19-9-6-14-35(41)36-15-7-10-20-42(36)48/h1-27H,28-31H2. The minimum Gasteiger partial charge on any atom is -0.472 e. The van der Waals surface area contributed by atoms with Gasteiger partial charge in [0.15, 0.2) is 5.60 Å². The Labute approximate surface area is 298 Å². The monoisotopic (exact) mass is 657 g/mol. The summed E-state index contributed by atoms with van der Waals surface area (Å²) in [6, 6.07) is 55.7. The van der Waals surface area contributed by atoms with E-state index in [1.165, 1.54) is 55.6 Å². The van der Waals surface area contributed by atoms with Gasteiger partial charge in [-0.2, -0.15) is 0 Å². The number of benzene rings is 7. The molecule has 7 aromatic rings. The van der Waals surface area contributed by atoms with E-state index >= 15 is 0 Å². The first-order valence-corrected chi connectivity index (χ1v) is 18.0. The molecule has 0 bridgehead atoms. The number of hydrogen-bond donors (Lipinski definition) is 0. The molecule has 1 saturated heterocycles. The van der Waals surface area contributed by atoms with Crippen molar-refractivity contribution in [2.24, 2.45) is 0 Å². The lowest BCUT2D eigenvalue weighted by Gasteiger charge is -2.39. The van der Waals surface area contributed by atoms with Crippen molar-refractivity contribution in [2.45, 2.75) is 11.0 Å². The molecule has 0 aromatic heterocycles. The largest absolute Gasteiger partial charge is 0.472 e. The molecule has 244 valence electrons. The summed E-state index contributed by atoms with van der Waals surface area (Å²) in [4.78, 5) is 2.40. The fourth-order valence-corrected chi connectivity index (χ4v) is 9.62. The smallest absolute Gasteiger partial charge is 0.178 e. The minimum absolute atomic E-state index is 0.479. The van der Waals surface area contributed by atoms with Gasteiger partial charge in [-0.25, -0.2) is 0 Å². The highest BCUT2D eigenvalue weighted by Crippen LogP contribution is 2.66. The van der Waals surface area contributed by atoms with E-state index in [4.69, 9.17) is 9.47 Å². The second-order valence-electron chi connectivity index (χ2n) is 14.1. The van der Waals surface area contributed by atoms with Gasteiger partial charge in [-0.15, -0.1) is 0 Å². The van der Waals surface area contributed by atoms with E-state index in [1.807, 2.05) is 0 Å². The van der Waals surface area contributed by atoms with Gasteiger partial charge in [-0.3, -0.25) is 0 Å². The van der Waals surface area contributed by atoms with Gasteiger partial charge in [-0.05, 0) is 68.1 Å². The second kappa shape index (κ2) is 10.8. The molecule has 51 heavy (non-hydrogen) atoms. The summed E-state index contributed by atoms with van der Waals surface area (Å²) in [5.41, 5.74) is 13.8. The van der Waals surface area contributed by atoms with Gasteiger partial charge in [0.05, 0.1) is 18.6 Å². The molecule has 4 aliphatic rings. The predicted octanol–water partition coefficient (Wildman–Crippen LogP) is 10.4. The van der Waals surface area contributed by atoms with Crippen LogP contribution in [-0.4, -0.2) is 26.3 Å². The highest BCUT2D eigenvalue weighted by Gasteiger charge is 2.54. The van der Waals surface area contributed by atoms with Crippen LogP contribution in [-0.2, 0) is 15.8 Å². The molecule has 0 saturated carbocycles. The van der Waals surface area contributed by atoms with Crippen LogP contribution in [0.1, 0.15) is 38.9 Å². The van der Waals surface area contributed by atoms with Crippen LogP contribution in [0.5, 0.6) is 5.75 Å². The van der Waals surface area contributed by atoms with Crippen LogP contribution in [0.4, 0.5) is 5.69 Å². The van der Waals surface area contributed by atoms with E-state index < -0.39 is 11.0 Å². The molecular formula is C48H35NO2. The Morgan fingerprint density at radius 3 is 1.75 bits per heavy atom. The number of hydrogen-bond acceptors (Lipinski definition) is 3. The van der Waals surface area contributed by atoms with Gasteiger partial charge in [0.2, 0.25) is 0 Å². The Hall–Kier alpha value is -5.90. The summed E-state index contributed by atoms with van der Waals surface area (Å²) in [5, 5.41) is 2.35. The Bertz CT molecular complexity index is 2500. The number of anilines is 1. The van der Waals surface area contributed by atoms with Crippen molar-refractivity contribution in [1.29, 1.82) is 0 Å². The minimum atomic E-state index is -0.821. The van der Waals surface area contributed by atoms with Crippen LogP contribution >= 0.6 is 0 Å². The SMILES string of the molecule is C1=CC(c2ccccc2)(c2ccc(N3CCOCC3)cc2)Oc2c1c1c(c3ccccc23)-c2ccccc2C12c1ccccc1-c1ccccc12. The molecule has 0 radical (unpaired) electrons. The molecule has 11 rings (SSSR count). The molecule has 2 aliphatic carbocycles. The molecule has 1 unspecified atom stereocenters. The van der Waals surface area contributed by atoms with Crippen LogP contribution in [0.2, 0.25) is 0 Å². The maximum atomic E-state index is 7.67. The Morgan fingerprint density at radius 1 is 0.510 bits per heavy atom. The van der Waals surface area contributed by atoms with Crippen LogP contribution < -0.4 is 9.64 Å². The Morgan fingerprint density at radius 2 is 1.06 bits per heavy atom. The average molecular weight is 658 g/mol. The molecule has 7 aromatic carbocycles. The number of morpholine rings is 1. The maximum Gasteiger partial charge on any atom is 0.178 e. The lowest BCUT2D eigenvalue weighted by Crippen LogP contribution is -2.37. The molecule has 2 heterocycles. The summed E-state index contributed by atoms with van der Waals surface area (Å²) >= 11 is 0. The highest BCUT2D eigenvalue weighted by molar-refractivity contribution is 6.11. The molecule has 3 nitrogen and oxygen atoms in total. The first-order chi connectivity index (χ1) is 25.3. The van der Waals surface area contributed by atoms with Crippen molar-refractivity contribution in [2.75, 3.05) is 31.2 Å². The zero-order valence-electron chi connectivity index (χ0n) is 28.2. The van der Waals surface area contributed by atoms with E-state index in [1.54, 1.807) is 0 Å². The third kappa shape index (κ3) is 3.82. The van der Waals surface area contributed by atoms with Gasteiger partial charge < -0.3 is 14.4 Å². The van der Waals surface area contributed by atoms with E-state index in [2.05, 4.69) is 169 Å². The van der Waals surface area contributed by atoms with Crippen molar-refractivity contribution >= 4 is 22.5 Å². The summed E-state index contributed by atoms with van der Waals surface area (Å²) in [7, 11) is 0. The number of rotatable bonds is 3. The lowest BCUT2D eigenvalue weighted by atomic mass is 9.68. The van der Waals surface area contributed by atoms with Gasteiger partial charge in [-0.1, -0.05) is 146 Å². The number of nitrogens with zero attached hydrogens (tertiary/aromatic N) is 1. The summed E-state index contributed by atoms with van der Waals surface area (Å²) in [6.45, 7) is 3.33. The summed E-state index contributed by atoms with van der Waals surface area (Å²) in [6.07, 6.45) is 4.69. The fourth-order valence-electron chi connectivity index (χ4n) is 9.62. The van der Waals surface area contributed by atoms with Gasteiger partial charge in [0.1, 0.15) is 5.75 Å². The van der Waals surface area contributed by atoms with Crippen molar-refractivity contribution < 1.29 is 9.47 Å². The van der Waals surface area contributed by atoms with Crippen LogP contribution in [0, 0.1) is 0 Å². The van der Waals surface area contributed by atoms with E-state index in [0.29, 0.717) is 0 Å². The van der Waals surface area contributed by atoms with Gasteiger partial charge in [0.25, 0.3) is 0 Å². The molecule has 0 amide bonds. The average Bonchev–Trinajstić information content (AvgIpc) is 3.69. The van der Waals surface area contributed by atoms with Gasteiger partial charge >= 0.3 is 0 Å². The van der Waals surface area contributed by atoms with Crippen molar-refractivity contribution in [3.63, 3.8) is 0 Å². The van der Waals surface area contributed by atoms with E-state index in [0.717, 1.165) is 54.1 Å². The van der Waals surface area contributed by atoms with Crippen LogP contribution in [0.25, 0.3) is 39.1 Å². The number of fused-ring (bicyclic) bond motifs is 15. The lowest BCUT2D eigenvalue weighted by molar-refractivity contribution is 0.122. The van der Waals surface area contributed by atoms with Crippen molar-refractivity contribution in [1.82, 2.24) is 0 Å². The molecule has 0 N–H and O–H groups in total. The van der Waals surface area contributed by atoms with E-state index in [9.17, 15) is 0 Å². The topological polar surface area (TPSA) is 21.7 Å². The highest BCUT2D eigenvalue weighted by atomic mass is 16.5. The third-order valence-electron chi connectivity index (χ3n) is 11.8. The van der Waals surface area contributed by atoms with Crippen LogP contribution in [0.3, 0.4) is 0 Å². The molecule has 3 heteroatoms. The van der Waals surface area contributed by atoms with Crippen molar-refractivity contribution in [3.8, 4) is 28.0 Å². The normalized spacial score (nSPS) is 18.9. The quantitative estimate of drug-likeness (QED) is 0.189. The predicted molar refractivity (Wildman–Crippen MR) is 207 cm³/mol. The zero-order valence-corrected chi connectivity index (χ0v) is 28.2. The maximum absolute atomic E-state index is 7.67. The van der Waals surface area contributed by atoms with Gasteiger partial charge in [0, 0.05) is 40.9 Å².